The molecular formula is C35H53N3O14. The van der Waals surface area contributed by atoms with Crippen LogP contribution in [-0.4, -0.2) is 95.1 Å². The van der Waals surface area contributed by atoms with Gasteiger partial charge in [0.25, 0.3) is 10.2 Å². The van der Waals surface area contributed by atoms with Crippen LogP contribution in [-0.2, 0) is 44.7 Å². The maximum atomic E-state index is 12.8. The van der Waals surface area contributed by atoms with E-state index in [1.165, 1.54) is 0 Å². The van der Waals surface area contributed by atoms with Crippen LogP contribution in [0.5, 0.6) is 0 Å². The molecule has 1 amide bonds. The number of aliphatic hydroxyl groups is 2. The van der Waals surface area contributed by atoms with Gasteiger partial charge in [-0.3, -0.25) is 14.4 Å². The zero-order valence-corrected chi connectivity index (χ0v) is 29.9. The molecule has 292 valence electrons. The first-order valence-electron chi connectivity index (χ1n) is 17.7. The monoisotopic (exact) mass is 739 g/mol. The first-order chi connectivity index (χ1) is 24.8. The molecule has 0 bridgehead atoms. The number of esters is 2. The van der Waals surface area contributed by atoms with E-state index in [-0.39, 0.29) is 56.3 Å². The average molecular weight is 740 g/mol. The molecule has 17 heteroatoms. The lowest BCUT2D eigenvalue weighted by Crippen LogP contribution is -2.31. The molecule has 1 aromatic carbocycles. The van der Waals surface area contributed by atoms with Crippen molar-refractivity contribution in [1.82, 2.24) is 5.32 Å². The number of benzene rings is 1. The van der Waals surface area contributed by atoms with Crippen molar-refractivity contribution in [1.29, 1.82) is 0 Å². The molecule has 1 aliphatic carbocycles. The number of rotatable bonds is 27. The number of carbonyl (C=O) groups is 3. The third-order valence-electron chi connectivity index (χ3n) is 8.46. The van der Waals surface area contributed by atoms with Crippen LogP contribution in [0.2, 0.25) is 0 Å². The molecule has 2 rings (SSSR count). The van der Waals surface area contributed by atoms with Crippen LogP contribution in [0, 0.1) is 32.1 Å². The summed E-state index contributed by atoms with van der Waals surface area (Å²) in [5, 5.41) is 42.7. The molecule has 52 heavy (non-hydrogen) atoms. The van der Waals surface area contributed by atoms with Gasteiger partial charge in [-0.15, -0.1) is 20.2 Å². The van der Waals surface area contributed by atoms with Crippen LogP contribution in [0.1, 0.15) is 83.6 Å². The zero-order valence-electron chi connectivity index (χ0n) is 29.9. The molecule has 17 nitrogen and oxygen atoms in total. The van der Waals surface area contributed by atoms with Crippen molar-refractivity contribution in [2.24, 2.45) is 11.8 Å². The standard InChI is InChI=1S/C35H53N3O14/c1-25(2)50-34(42)13-9-4-3-8-12-29-30(32(40)22-31(29)39)17-16-27(15-14-26-10-6-5-7-11-26)51-35(43)18-20-36-33(41)19-21-48-23-28(52-38(46)47)24-49-37(44)45/h3,5-8,10-11,25,27-32,39-40H,4,9,12-24H2,1-2H3,(H,36,41)/b8-3-/t27-,28?,29+,30+,31-,32+/m0/s1. The largest absolute Gasteiger partial charge is 0.463 e. The highest BCUT2D eigenvalue weighted by atomic mass is 17.0. The number of carbonyl (C=O) groups excluding carboxylic acids is 3. The second-order valence-electron chi connectivity index (χ2n) is 12.9. The predicted molar refractivity (Wildman–Crippen MR) is 184 cm³/mol. The molecule has 0 heterocycles. The van der Waals surface area contributed by atoms with E-state index in [0.29, 0.717) is 51.4 Å². The second-order valence-corrected chi connectivity index (χ2v) is 12.9. The Morgan fingerprint density at radius 2 is 1.62 bits per heavy atom. The first-order valence-corrected chi connectivity index (χ1v) is 17.7. The highest BCUT2D eigenvalue weighted by Crippen LogP contribution is 2.39. The van der Waals surface area contributed by atoms with E-state index in [0.717, 1.165) is 5.56 Å². The smallest absolute Gasteiger partial charge is 0.307 e. The molecule has 3 N–H and O–H groups in total. The van der Waals surface area contributed by atoms with Crippen LogP contribution in [0.4, 0.5) is 0 Å². The number of unbranched alkanes of at least 4 members (excludes halogenated alkanes) is 1. The van der Waals surface area contributed by atoms with Gasteiger partial charge in [-0.25, -0.2) is 0 Å². The molecule has 0 aromatic heterocycles. The number of nitrogens with one attached hydrogen (secondary N) is 1. The predicted octanol–water partition coefficient (Wildman–Crippen LogP) is 3.44. The lowest BCUT2D eigenvalue weighted by atomic mass is 9.85. The Labute approximate surface area is 303 Å². The Hall–Kier alpha value is -4.35. The Kier molecular flexibility index (Phi) is 20.9. The van der Waals surface area contributed by atoms with Gasteiger partial charge in [-0.2, -0.15) is 0 Å². The van der Waals surface area contributed by atoms with E-state index in [2.05, 4.69) is 15.0 Å². The number of nitrogens with zero attached hydrogens (tertiary/aromatic N) is 2. The second kappa shape index (κ2) is 24.8. The number of aryl methyl sites for hydroxylation is 1. The number of hydrogen-bond acceptors (Lipinski definition) is 14. The number of aliphatic hydroxyl groups excluding tert-OH is 2. The van der Waals surface area contributed by atoms with Gasteiger partial charge >= 0.3 is 11.9 Å². The fourth-order valence-electron chi connectivity index (χ4n) is 5.97. The summed E-state index contributed by atoms with van der Waals surface area (Å²) in [4.78, 5) is 65.9. The molecule has 0 saturated heterocycles. The minimum Gasteiger partial charge on any atom is -0.463 e. The number of allylic oxidation sites excluding steroid dienone is 2. The van der Waals surface area contributed by atoms with Crippen LogP contribution in [0.25, 0.3) is 0 Å². The van der Waals surface area contributed by atoms with Crippen molar-refractivity contribution in [3.05, 3.63) is 68.3 Å². The molecular weight excluding hydrogens is 686 g/mol. The third-order valence-corrected chi connectivity index (χ3v) is 8.46. The minimum absolute atomic E-state index is 0.00629. The molecule has 1 fully saturated rings. The van der Waals surface area contributed by atoms with Crippen molar-refractivity contribution in [2.75, 3.05) is 26.4 Å². The molecule has 6 atom stereocenters. The summed E-state index contributed by atoms with van der Waals surface area (Å²) in [6.07, 6.45) is 5.14. The highest BCUT2D eigenvalue weighted by molar-refractivity contribution is 5.77. The zero-order chi connectivity index (χ0) is 38.3. The maximum absolute atomic E-state index is 12.8. The summed E-state index contributed by atoms with van der Waals surface area (Å²) in [6, 6.07) is 9.75. The van der Waals surface area contributed by atoms with E-state index in [1.54, 1.807) is 0 Å². The topological polar surface area (TPSA) is 236 Å². The molecule has 1 saturated carbocycles. The van der Waals surface area contributed by atoms with Crippen molar-refractivity contribution in [2.45, 2.75) is 115 Å². The van der Waals surface area contributed by atoms with Gasteiger partial charge in [-0.05, 0) is 82.6 Å². The van der Waals surface area contributed by atoms with Crippen LogP contribution < -0.4 is 5.32 Å². The molecule has 0 spiro atoms. The van der Waals surface area contributed by atoms with E-state index >= 15 is 0 Å². The van der Waals surface area contributed by atoms with Gasteiger partial charge in [0.15, 0.2) is 6.10 Å². The average Bonchev–Trinajstić information content (AvgIpc) is 3.35. The lowest BCUT2D eigenvalue weighted by molar-refractivity contribution is -0.790. The van der Waals surface area contributed by atoms with Crippen LogP contribution in [0.15, 0.2) is 42.5 Å². The van der Waals surface area contributed by atoms with Crippen molar-refractivity contribution >= 4 is 17.8 Å². The maximum Gasteiger partial charge on any atom is 0.307 e. The van der Waals surface area contributed by atoms with Gasteiger partial charge in [-0.1, -0.05) is 42.5 Å². The van der Waals surface area contributed by atoms with Crippen LogP contribution in [0.3, 0.4) is 0 Å². The van der Waals surface area contributed by atoms with Crippen molar-refractivity contribution in [3.63, 3.8) is 0 Å². The van der Waals surface area contributed by atoms with Gasteiger partial charge in [0.1, 0.15) is 12.7 Å². The van der Waals surface area contributed by atoms with E-state index in [4.69, 9.17) is 14.2 Å². The van der Waals surface area contributed by atoms with Gasteiger partial charge in [0.05, 0.1) is 37.9 Å². The Bertz CT molecular complexity index is 1260. The quantitative estimate of drug-likeness (QED) is 0.0386. The Balaban J connectivity index is 1.83. The SMILES string of the molecule is CC(C)OC(=O)CCC/C=C\C[C@@H]1[C@@H](CC[C@H](CCc2ccccc2)OC(=O)CCNC(=O)CCOCC(CO[N+](=O)[O-])O[N+](=O)[O-])[C@H](O)C[C@@H]1O. The van der Waals surface area contributed by atoms with E-state index < -0.39 is 59.7 Å². The summed E-state index contributed by atoms with van der Waals surface area (Å²) >= 11 is 0. The summed E-state index contributed by atoms with van der Waals surface area (Å²) in [7, 11) is 0. The summed E-state index contributed by atoms with van der Waals surface area (Å²) < 4.78 is 16.1. The number of ether oxygens (including phenoxy) is 3. The van der Waals surface area contributed by atoms with Gasteiger partial charge in [0.2, 0.25) is 5.91 Å². The van der Waals surface area contributed by atoms with E-state index in [9.17, 15) is 44.8 Å². The molecule has 0 aliphatic heterocycles. The normalized spacial score (nSPS) is 19.6. The molecule has 1 aliphatic rings. The lowest BCUT2D eigenvalue weighted by Gasteiger charge is -2.25. The first kappa shape index (κ1) is 43.8. The molecule has 0 radical (unpaired) electrons. The summed E-state index contributed by atoms with van der Waals surface area (Å²) in [5.74, 6) is -1.55. The highest BCUT2D eigenvalue weighted by Gasteiger charge is 2.41. The van der Waals surface area contributed by atoms with E-state index in [1.807, 2.05) is 56.3 Å². The summed E-state index contributed by atoms with van der Waals surface area (Å²) in [5.41, 5.74) is 1.08. The fourth-order valence-corrected chi connectivity index (χ4v) is 5.97. The van der Waals surface area contributed by atoms with Crippen molar-refractivity contribution < 1.29 is 58.7 Å². The summed E-state index contributed by atoms with van der Waals surface area (Å²) in [6.45, 7) is 2.29. The number of hydrogen-bond donors (Lipinski definition) is 3. The molecule has 1 aromatic rings. The molecule has 1 unspecified atom stereocenters. The number of amides is 1. The van der Waals surface area contributed by atoms with Crippen molar-refractivity contribution in [3.8, 4) is 0 Å². The Morgan fingerprint density at radius 3 is 2.31 bits per heavy atom. The van der Waals surface area contributed by atoms with Gasteiger partial charge < -0.3 is 39.4 Å². The fraction of sp³-hybridized carbons (Fsp3) is 0.686. The van der Waals surface area contributed by atoms with Gasteiger partial charge in [0, 0.05) is 19.4 Å². The minimum atomic E-state index is -1.36. The Morgan fingerprint density at radius 1 is 0.904 bits per heavy atom. The third kappa shape index (κ3) is 19.3. The van der Waals surface area contributed by atoms with Crippen LogP contribution >= 0.6 is 0 Å².